The zero-order chi connectivity index (χ0) is 17.8. The van der Waals surface area contributed by atoms with E-state index in [0.29, 0.717) is 42.8 Å². The summed E-state index contributed by atoms with van der Waals surface area (Å²) in [6.07, 6.45) is 0. The first-order valence-electron chi connectivity index (χ1n) is 7.86. The fourth-order valence-corrected chi connectivity index (χ4v) is 3.07. The van der Waals surface area contributed by atoms with Crippen LogP contribution in [0.3, 0.4) is 0 Å². The van der Waals surface area contributed by atoms with E-state index in [-0.39, 0.29) is 5.56 Å². The number of hydrogen-bond acceptors (Lipinski definition) is 4. The lowest BCUT2D eigenvalue weighted by Crippen LogP contribution is -2.37. The van der Waals surface area contributed by atoms with Gasteiger partial charge in [-0.25, -0.2) is 4.39 Å². The monoisotopic (exact) mass is 364 g/mol. The average molecular weight is 365 g/mol. The van der Waals surface area contributed by atoms with Gasteiger partial charge in [-0.2, -0.15) is 0 Å². The highest BCUT2D eigenvalue weighted by atomic mass is 35.5. The van der Waals surface area contributed by atoms with Gasteiger partial charge in [0.05, 0.1) is 42.3 Å². The lowest BCUT2D eigenvalue weighted by Gasteiger charge is -2.31. The molecule has 0 aliphatic carbocycles. The van der Waals surface area contributed by atoms with Crippen LogP contribution in [0.1, 0.15) is 10.4 Å². The number of benzene rings is 2. The van der Waals surface area contributed by atoms with E-state index in [1.807, 2.05) is 0 Å². The Kier molecular flexibility index (Phi) is 5.40. The molecular weight excluding hydrogens is 347 g/mol. The molecule has 0 atom stereocenters. The molecule has 0 unspecified atom stereocenters. The van der Waals surface area contributed by atoms with Gasteiger partial charge in [0.1, 0.15) is 11.6 Å². The first-order chi connectivity index (χ1) is 12.1. The van der Waals surface area contributed by atoms with Crippen molar-refractivity contribution in [2.24, 2.45) is 0 Å². The largest absolute Gasteiger partial charge is 0.496 e. The summed E-state index contributed by atoms with van der Waals surface area (Å²) in [7, 11) is 1.43. The minimum Gasteiger partial charge on any atom is -0.496 e. The van der Waals surface area contributed by atoms with E-state index >= 15 is 0 Å². The van der Waals surface area contributed by atoms with Crippen LogP contribution in [0, 0.1) is 5.82 Å². The first kappa shape index (κ1) is 17.5. The number of anilines is 2. The molecule has 1 fully saturated rings. The van der Waals surface area contributed by atoms with Crippen molar-refractivity contribution in [2.75, 3.05) is 43.6 Å². The van der Waals surface area contributed by atoms with Crippen LogP contribution in [-0.4, -0.2) is 39.3 Å². The molecule has 0 saturated carbocycles. The van der Waals surface area contributed by atoms with Crippen LogP contribution >= 0.6 is 11.6 Å². The summed E-state index contributed by atoms with van der Waals surface area (Å²) >= 11 is 6.36. The predicted octanol–water partition coefficient (Wildman–Crippen LogP) is 3.58. The minimum absolute atomic E-state index is 0.121. The number of para-hydroxylation sites is 1. The van der Waals surface area contributed by atoms with Gasteiger partial charge < -0.3 is 19.7 Å². The molecule has 1 amide bonds. The molecule has 1 N–H and O–H groups in total. The summed E-state index contributed by atoms with van der Waals surface area (Å²) in [6.45, 7) is 2.54. The van der Waals surface area contributed by atoms with Crippen LogP contribution in [0.2, 0.25) is 5.02 Å². The molecule has 0 bridgehead atoms. The number of carbonyl (C=O) groups is 1. The molecule has 1 aliphatic heterocycles. The summed E-state index contributed by atoms with van der Waals surface area (Å²) in [4.78, 5) is 14.7. The summed E-state index contributed by atoms with van der Waals surface area (Å²) in [5, 5.41) is 3.35. The number of rotatable bonds is 4. The number of carbonyl (C=O) groups excluding carboxylic acids is 1. The zero-order valence-corrected chi connectivity index (χ0v) is 14.5. The van der Waals surface area contributed by atoms with Crippen molar-refractivity contribution in [3.8, 4) is 5.75 Å². The van der Waals surface area contributed by atoms with Crippen LogP contribution in [-0.2, 0) is 4.74 Å². The predicted molar refractivity (Wildman–Crippen MR) is 95.4 cm³/mol. The highest BCUT2D eigenvalue weighted by molar-refractivity contribution is 6.34. The number of nitrogens with zero attached hydrogens (tertiary/aromatic N) is 1. The molecule has 0 aromatic heterocycles. The molecule has 132 valence electrons. The van der Waals surface area contributed by atoms with Gasteiger partial charge in [-0.15, -0.1) is 0 Å². The second-order valence-electron chi connectivity index (χ2n) is 5.53. The van der Waals surface area contributed by atoms with Crippen LogP contribution in [0.15, 0.2) is 36.4 Å². The van der Waals surface area contributed by atoms with E-state index in [4.69, 9.17) is 21.1 Å². The highest BCUT2D eigenvalue weighted by Gasteiger charge is 2.21. The third-order valence-corrected chi connectivity index (χ3v) is 4.27. The average Bonchev–Trinajstić information content (AvgIpc) is 2.62. The Balaban J connectivity index is 1.91. The first-order valence-corrected chi connectivity index (χ1v) is 8.24. The third kappa shape index (κ3) is 3.86. The topological polar surface area (TPSA) is 50.8 Å². The molecule has 1 saturated heterocycles. The van der Waals surface area contributed by atoms with Crippen molar-refractivity contribution in [3.63, 3.8) is 0 Å². The molecule has 25 heavy (non-hydrogen) atoms. The summed E-state index contributed by atoms with van der Waals surface area (Å²) < 4.78 is 24.1. The van der Waals surface area contributed by atoms with Crippen LogP contribution in [0.4, 0.5) is 15.8 Å². The van der Waals surface area contributed by atoms with Gasteiger partial charge in [-0.3, -0.25) is 4.79 Å². The van der Waals surface area contributed by atoms with E-state index in [0.717, 1.165) is 11.8 Å². The zero-order valence-electron chi connectivity index (χ0n) is 13.7. The molecule has 3 rings (SSSR count). The number of halogens is 2. The van der Waals surface area contributed by atoms with E-state index in [1.165, 1.54) is 19.2 Å². The lowest BCUT2D eigenvalue weighted by molar-refractivity contribution is 0.102. The molecule has 1 aliphatic rings. The molecular formula is C18H18ClFN2O3. The number of methoxy groups -OCH3 is 1. The fourth-order valence-electron chi connectivity index (χ4n) is 2.77. The minimum atomic E-state index is -0.509. The smallest absolute Gasteiger partial charge is 0.259 e. The van der Waals surface area contributed by atoms with Crippen molar-refractivity contribution in [1.82, 2.24) is 0 Å². The third-order valence-electron chi connectivity index (χ3n) is 3.97. The number of morpholine rings is 1. The molecule has 1 heterocycles. The van der Waals surface area contributed by atoms with Gasteiger partial charge >= 0.3 is 0 Å². The molecule has 0 radical (unpaired) electrons. The Hall–Kier alpha value is -2.31. The number of ether oxygens (including phenoxy) is 2. The van der Waals surface area contributed by atoms with Gasteiger partial charge in [-0.05, 0) is 30.3 Å². The summed E-state index contributed by atoms with van der Waals surface area (Å²) in [5.41, 5.74) is 1.41. The SMILES string of the molecule is COc1ccc(F)cc1C(=O)Nc1cccc(Cl)c1N1CCOCC1. The summed E-state index contributed by atoms with van der Waals surface area (Å²) in [6, 6.07) is 9.10. The molecule has 2 aromatic carbocycles. The fraction of sp³-hybridized carbons (Fsp3) is 0.278. The Bertz CT molecular complexity index is 779. The second kappa shape index (κ2) is 7.72. The molecule has 0 spiro atoms. The number of hydrogen-bond donors (Lipinski definition) is 1. The highest BCUT2D eigenvalue weighted by Crippen LogP contribution is 2.35. The van der Waals surface area contributed by atoms with Gasteiger partial charge in [0.2, 0.25) is 0 Å². The quantitative estimate of drug-likeness (QED) is 0.901. The van der Waals surface area contributed by atoms with Crippen molar-refractivity contribution < 1.29 is 18.7 Å². The van der Waals surface area contributed by atoms with Gasteiger partial charge in [0.15, 0.2) is 0 Å². The van der Waals surface area contributed by atoms with E-state index in [2.05, 4.69) is 10.2 Å². The van der Waals surface area contributed by atoms with Crippen molar-refractivity contribution in [1.29, 1.82) is 0 Å². The standard InChI is InChI=1S/C18H18ClFN2O3/c1-24-16-6-5-12(20)11-13(16)18(23)21-15-4-2-3-14(19)17(15)22-7-9-25-10-8-22/h2-6,11H,7-10H2,1H3,(H,21,23). The molecule has 5 nitrogen and oxygen atoms in total. The van der Waals surface area contributed by atoms with Crippen molar-refractivity contribution >= 4 is 28.9 Å². The molecule has 7 heteroatoms. The Morgan fingerprint density at radius 3 is 2.76 bits per heavy atom. The van der Waals surface area contributed by atoms with Crippen LogP contribution in [0.25, 0.3) is 0 Å². The summed E-state index contributed by atoms with van der Waals surface area (Å²) in [5.74, 6) is -0.674. The van der Waals surface area contributed by atoms with Crippen molar-refractivity contribution in [2.45, 2.75) is 0 Å². The van der Waals surface area contributed by atoms with Gasteiger partial charge in [0.25, 0.3) is 5.91 Å². The maximum atomic E-state index is 13.5. The van der Waals surface area contributed by atoms with Crippen LogP contribution in [0.5, 0.6) is 5.75 Å². The van der Waals surface area contributed by atoms with Crippen molar-refractivity contribution in [3.05, 3.63) is 52.8 Å². The number of nitrogens with one attached hydrogen (secondary N) is 1. The molecule has 2 aromatic rings. The maximum absolute atomic E-state index is 13.5. The van der Waals surface area contributed by atoms with Gasteiger partial charge in [-0.1, -0.05) is 17.7 Å². The van der Waals surface area contributed by atoms with Crippen LogP contribution < -0.4 is 15.0 Å². The van der Waals surface area contributed by atoms with E-state index in [9.17, 15) is 9.18 Å². The lowest BCUT2D eigenvalue weighted by atomic mass is 10.1. The normalized spacial score (nSPS) is 14.3. The maximum Gasteiger partial charge on any atom is 0.259 e. The number of amides is 1. The van der Waals surface area contributed by atoms with E-state index in [1.54, 1.807) is 18.2 Å². The Morgan fingerprint density at radius 2 is 2.04 bits per heavy atom. The van der Waals surface area contributed by atoms with E-state index < -0.39 is 11.7 Å². The second-order valence-corrected chi connectivity index (χ2v) is 5.94. The Morgan fingerprint density at radius 1 is 1.28 bits per heavy atom. The Labute approximate surface area is 150 Å². The van der Waals surface area contributed by atoms with Gasteiger partial charge in [0, 0.05) is 13.1 Å².